The van der Waals surface area contributed by atoms with E-state index in [4.69, 9.17) is 0 Å². The van der Waals surface area contributed by atoms with Gasteiger partial charge in [0.25, 0.3) is 5.91 Å². The highest BCUT2D eigenvalue weighted by Gasteiger charge is 2.17. The molecule has 0 aliphatic carbocycles. The van der Waals surface area contributed by atoms with Gasteiger partial charge in [-0.15, -0.1) is 10.2 Å². The van der Waals surface area contributed by atoms with Crippen LogP contribution in [0, 0.1) is 5.82 Å². The van der Waals surface area contributed by atoms with E-state index in [2.05, 4.69) is 65.8 Å². The van der Waals surface area contributed by atoms with Gasteiger partial charge >= 0.3 is 0 Å². The van der Waals surface area contributed by atoms with Gasteiger partial charge in [-0.05, 0) is 35.6 Å². The molecule has 1 heterocycles. The van der Waals surface area contributed by atoms with Crippen molar-refractivity contribution in [1.82, 2.24) is 20.2 Å². The predicted molar refractivity (Wildman–Crippen MR) is 123 cm³/mol. The highest BCUT2D eigenvalue weighted by molar-refractivity contribution is 7.99. The van der Waals surface area contributed by atoms with E-state index < -0.39 is 0 Å². The van der Waals surface area contributed by atoms with Crippen LogP contribution in [0.3, 0.4) is 0 Å². The Hall–Kier alpha value is -3.00. The van der Waals surface area contributed by atoms with Crippen LogP contribution in [0.15, 0.2) is 58.8 Å². The fraction of sp³-hybridized carbons (Fsp3) is 0.304. The van der Waals surface area contributed by atoms with Crippen molar-refractivity contribution in [3.8, 4) is 11.4 Å². The SMILES string of the molecule is CCn1c(SCC(=O)N/N=C/c2cccc(F)c2)nnc1-c1ccc(C(C)(C)C)cc1. The van der Waals surface area contributed by atoms with E-state index in [9.17, 15) is 9.18 Å². The number of hydrogen-bond acceptors (Lipinski definition) is 5. The summed E-state index contributed by atoms with van der Waals surface area (Å²) in [6.07, 6.45) is 1.40. The Balaban J connectivity index is 1.62. The van der Waals surface area contributed by atoms with Crippen LogP contribution in [0.2, 0.25) is 0 Å². The first-order valence-corrected chi connectivity index (χ1v) is 11.0. The summed E-state index contributed by atoms with van der Waals surface area (Å²) in [6.45, 7) is 9.24. The molecular formula is C23H26FN5OS. The molecule has 0 atom stereocenters. The van der Waals surface area contributed by atoms with Crippen LogP contribution in [0.4, 0.5) is 4.39 Å². The first kappa shape index (κ1) is 22.7. The Kier molecular flexibility index (Phi) is 7.22. The molecule has 1 aromatic heterocycles. The first-order chi connectivity index (χ1) is 14.8. The van der Waals surface area contributed by atoms with E-state index in [1.807, 2.05) is 11.5 Å². The molecule has 3 rings (SSSR count). The summed E-state index contributed by atoms with van der Waals surface area (Å²) >= 11 is 1.29. The lowest BCUT2D eigenvalue weighted by Gasteiger charge is -2.19. The van der Waals surface area contributed by atoms with E-state index in [0.29, 0.717) is 17.3 Å². The lowest BCUT2D eigenvalue weighted by molar-refractivity contribution is -0.118. The second kappa shape index (κ2) is 9.87. The van der Waals surface area contributed by atoms with E-state index in [1.165, 1.54) is 35.7 Å². The molecule has 1 N–H and O–H groups in total. The molecule has 3 aromatic rings. The van der Waals surface area contributed by atoms with Gasteiger partial charge in [0.05, 0.1) is 12.0 Å². The van der Waals surface area contributed by atoms with Crippen molar-refractivity contribution < 1.29 is 9.18 Å². The van der Waals surface area contributed by atoms with Gasteiger partial charge < -0.3 is 4.57 Å². The van der Waals surface area contributed by atoms with Crippen LogP contribution in [0.1, 0.15) is 38.8 Å². The Bertz CT molecular complexity index is 1070. The average molecular weight is 440 g/mol. The number of nitrogens with zero attached hydrogens (tertiary/aromatic N) is 4. The fourth-order valence-electron chi connectivity index (χ4n) is 2.94. The van der Waals surface area contributed by atoms with Crippen LogP contribution in [-0.2, 0) is 16.8 Å². The number of carbonyl (C=O) groups is 1. The third-order valence-corrected chi connectivity index (χ3v) is 5.59. The van der Waals surface area contributed by atoms with Crippen molar-refractivity contribution in [1.29, 1.82) is 0 Å². The summed E-state index contributed by atoms with van der Waals surface area (Å²) in [7, 11) is 0. The highest BCUT2D eigenvalue weighted by Crippen LogP contribution is 2.27. The molecule has 1 amide bonds. The Labute approximate surface area is 186 Å². The minimum atomic E-state index is -0.353. The van der Waals surface area contributed by atoms with Gasteiger partial charge in [-0.25, -0.2) is 9.82 Å². The molecule has 0 fully saturated rings. The molecule has 0 spiro atoms. The molecule has 31 heavy (non-hydrogen) atoms. The highest BCUT2D eigenvalue weighted by atomic mass is 32.2. The van der Waals surface area contributed by atoms with E-state index >= 15 is 0 Å². The molecule has 0 aliphatic heterocycles. The van der Waals surface area contributed by atoms with Crippen molar-refractivity contribution in [2.75, 3.05) is 5.75 Å². The second-order valence-electron chi connectivity index (χ2n) is 8.01. The Morgan fingerprint density at radius 1 is 1.19 bits per heavy atom. The van der Waals surface area contributed by atoms with Crippen molar-refractivity contribution in [2.45, 2.75) is 44.8 Å². The number of aromatic nitrogens is 3. The molecule has 0 saturated heterocycles. The Morgan fingerprint density at radius 3 is 2.58 bits per heavy atom. The van der Waals surface area contributed by atoms with Gasteiger partial charge in [-0.2, -0.15) is 5.10 Å². The average Bonchev–Trinajstić information content (AvgIpc) is 3.15. The molecule has 0 radical (unpaired) electrons. The smallest absolute Gasteiger partial charge is 0.250 e. The zero-order chi connectivity index (χ0) is 22.4. The number of amides is 1. The molecule has 0 aliphatic rings. The number of benzene rings is 2. The molecule has 0 saturated carbocycles. The van der Waals surface area contributed by atoms with Crippen molar-refractivity contribution in [3.05, 3.63) is 65.5 Å². The topological polar surface area (TPSA) is 72.2 Å². The van der Waals surface area contributed by atoms with Gasteiger partial charge in [0.2, 0.25) is 0 Å². The van der Waals surface area contributed by atoms with Gasteiger partial charge in [0, 0.05) is 12.1 Å². The number of rotatable bonds is 7. The number of thioether (sulfide) groups is 1. The second-order valence-corrected chi connectivity index (χ2v) is 8.96. The van der Waals surface area contributed by atoms with Crippen LogP contribution < -0.4 is 5.43 Å². The number of halogens is 1. The Morgan fingerprint density at radius 2 is 1.94 bits per heavy atom. The minimum absolute atomic E-state index is 0.0858. The molecule has 0 unspecified atom stereocenters. The van der Waals surface area contributed by atoms with Crippen molar-refractivity contribution in [2.24, 2.45) is 5.10 Å². The number of hydrogen-bond donors (Lipinski definition) is 1. The zero-order valence-corrected chi connectivity index (χ0v) is 18.9. The van der Waals surface area contributed by atoms with Gasteiger partial charge in [0.1, 0.15) is 5.82 Å². The van der Waals surface area contributed by atoms with Gasteiger partial charge in [0.15, 0.2) is 11.0 Å². The third kappa shape index (κ3) is 6.01. The zero-order valence-electron chi connectivity index (χ0n) is 18.1. The normalized spacial score (nSPS) is 11.8. The quantitative estimate of drug-likeness (QED) is 0.331. The summed E-state index contributed by atoms with van der Waals surface area (Å²) in [4.78, 5) is 12.1. The molecule has 6 nitrogen and oxygen atoms in total. The summed E-state index contributed by atoms with van der Waals surface area (Å²) in [5.74, 6) is 0.282. The third-order valence-electron chi connectivity index (χ3n) is 4.63. The predicted octanol–water partition coefficient (Wildman–Crippen LogP) is 4.64. The number of carbonyl (C=O) groups excluding carboxylic acids is 1. The van der Waals surface area contributed by atoms with Crippen LogP contribution in [-0.4, -0.2) is 32.6 Å². The number of hydrazone groups is 1. The van der Waals surface area contributed by atoms with Crippen LogP contribution in [0.25, 0.3) is 11.4 Å². The monoisotopic (exact) mass is 439 g/mol. The molecule has 2 aromatic carbocycles. The molecule has 0 bridgehead atoms. The van der Waals surface area contributed by atoms with Gasteiger partial charge in [-0.3, -0.25) is 4.79 Å². The summed E-state index contributed by atoms with van der Waals surface area (Å²) in [6, 6.07) is 14.3. The van der Waals surface area contributed by atoms with Gasteiger partial charge in [-0.1, -0.05) is 68.9 Å². The largest absolute Gasteiger partial charge is 0.302 e. The first-order valence-electron chi connectivity index (χ1n) is 10.0. The van der Waals surface area contributed by atoms with Crippen LogP contribution in [0.5, 0.6) is 0 Å². The standard InChI is InChI=1S/C23H26FN5OS/c1-5-29-21(17-9-11-18(12-10-17)23(2,3)4)27-28-22(29)31-15-20(30)26-25-14-16-7-6-8-19(24)13-16/h6-14H,5,15H2,1-4H3,(H,26,30)/b25-14+. The molecule has 8 heteroatoms. The van der Waals surface area contributed by atoms with Crippen molar-refractivity contribution >= 4 is 23.9 Å². The van der Waals surface area contributed by atoms with E-state index in [-0.39, 0.29) is 22.9 Å². The maximum atomic E-state index is 13.2. The summed E-state index contributed by atoms with van der Waals surface area (Å²) in [5.41, 5.74) is 5.34. The van der Waals surface area contributed by atoms with E-state index in [0.717, 1.165) is 11.4 Å². The fourth-order valence-corrected chi connectivity index (χ4v) is 3.74. The summed E-state index contributed by atoms with van der Waals surface area (Å²) < 4.78 is 15.1. The van der Waals surface area contributed by atoms with Crippen molar-refractivity contribution in [3.63, 3.8) is 0 Å². The minimum Gasteiger partial charge on any atom is -0.302 e. The maximum Gasteiger partial charge on any atom is 0.250 e. The number of nitrogens with one attached hydrogen (secondary N) is 1. The molecule has 162 valence electrons. The maximum absolute atomic E-state index is 13.2. The lowest BCUT2D eigenvalue weighted by Crippen LogP contribution is -2.20. The van der Waals surface area contributed by atoms with E-state index in [1.54, 1.807) is 12.1 Å². The lowest BCUT2D eigenvalue weighted by atomic mass is 9.87. The van der Waals surface area contributed by atoms with Crippen LogP contribution >= 0.6 is 11.8 Å². The molecular weight excluding hydrogens is 413 g/mol. The summed E-state index contributed by atoms with van der Waals surface area (Å²) in [5, 5.41) is 13.1.